The molecule has 0 bridgehead atoms. The van der Waals surface area contributed by atoms with Crippen LogP contribution in [0.5, 0.6) is 0 Å². The lowest BCUT2D eigenvalue weighted by molar-refractivity contribution is -0.125. The first-order valence-electron chi connectivity index (χ1n) is 5.44. The Labute approximate surface area is 97.1 Å². The number of rotatable bonds is 8. The van der Waals surface area contributed by atoms with E-state index in [9.17, 15) is 9.59 Å². The van der Waals surface area contributed by atoms with E-state index in [-0.39, 0.29) is 24.2 Å². The minimum absolute atomic E-state index is 0.0130. The summed E-state index contributed by atoms with van der Waals surface area (Å²) in [5.74, 6) is 0.0716. The van der Waals surface area contributed by atoms with Crippen LogP contribution in [0.3, 0.4) is 0 Å². The normalized spacial score (nSPS) is 10.9. The lowest BCUT2D eigenvalue weighted by atomic mass is 10.1. The first-order valence-corrected chi connectivity index (χ1v) is 5.44. The fourth-order valence-electron chi connectivity index (χ4n) is 1.10. The predicted octanol–water partition coefficient (Wildman–Crippen LogP) is -0.0941. The van der Waals surface area contributed by atoms with E-state index in [0.717, 1.165) is 0 Å². The second kappa shape index (κ2) is 8.24. The van der Waals surface area contributed by atoms with Crippen molar-refractivity contribution in [2.75, 3.05) is 40.4 Å². The number of hydrogen-bond acceptors (Lipinski definition) is 4. The van der Waals surface area contributed by atoms with Gasteiger partial charge in [-0.2, -0.15) is 0 Å². The zero-order valence-corrected chi connectivity index (χ0v) is 10.6. The topological polar surface area (TPSA) is 58.6 Å². The van der Waals surface area contributed by atoms with Gasteiger partial charge in [0.15, 0.2) is 0 Å². The fourth-order valence-corrected chi connectivity index (χ4v) is 1.10. The zero-order chi connectivity index (χ0) is 12.6. The molecular weight excluding hydrogens is 208 g/mol. The monoisotopic (exact) mass is 230 g/mol. The largest absolute Gasteiger partial charge is 0.383 e. The Morgan fingerprint density at radius 3 is 2.44 bits per heavy atom. The van der Waals surface area contributed by atoms with Crippen LogP contribution in [-0.4, -0.2) is 57.0 Å². The van der Waals surface area contributed by atoms with Crippen LogP contribution in [0, 0.1) is 5.92 Å². The third kappa shape index (κ3) is 7.36. The number of hydrogen-bond donors (Lipinski definition) is 1. The number of nitrogens with zero attached hydrogens (tertiary/aromatic N) is 1. The summed E-state index contributed by atoms with van der Waals surface area (Å²) in [6.07, 6.45) is 0. The van der Waals surface area contributed by atoms with E-state index < -0.39 is 0 Å². The molecule has 0 aromatic heterocycles. The van der Waals surface area contributed by atoms with Gasteiger partial charge in [-0.25, -0.2) is 0 Å². The van der Waals surface area contributed by atoms with Crippen LogP contribution in [-0.2, 0) is 14.3 Å². The number of ether oxygens (including phenoxy) is 1. The van der Waals surface area contributed by atoms with Crippen LogP contribution < -0.4 is 5.32 Å². The molecule has 5 nitrogen and oxygen atoms in total. The molecule has 5 heteroatoms. The highest BCUT2D eigenvalue weighted by molar-refractivity contribution is 5.83. The molecule has 16 heavy (non-hydrogen) atoms. The maximum absolute atomic E-state index is 11.4. The number of ketones is 1. The molecule has 0 heterocycles. The molecule has 0 saturated heterocycles. The van der Waals surface area contributed by atoms with Crippen molar-refractivity contribution in [3.63, 3.8) is 0 Å². The van der Waals surface area contributed by atoms with Gasteiger partial charge in [0, 0.05) is 19.6 Å². The number of likely N-dealkylation sites (N-methyl/N-ethyl adjacent to an activating group) is 1. The van der Waals surface area contributed by atoms with Crippen LogP contribution in [0.1, 0.15) is 13.8 Å². The fraction of sp³-hybridized carbons (Fsp3) is 0.818. The summed E-state index contributed by atoms with van der Waals surface area (Å²) in [6.45, 7) is 5.27. The molecule has 0 aliphatic rings. The third-order valence-corrected chi connectivity index (χ3v) is 2.11. The third-order valence-electron chi connectivity index (χ3n) is 2.11. The Kier molecular flexibility index (Phi) is 7.76. The summed E-state index contributed by atoms with van der Waals surface area (Å²) in [5.41, 5.74) is 0. The standard InChI is InChI=1S/C11H22N2O3/c1-9(2)10(14)7-13(3)8-11(15)12-5-6-16-4/h9H,5-8H2,1-4H3,(H,12,15). The first-order chi connectivity index (χ1) is 7.47. The second-order valence-electron chi connectivity index (χ2n) is 4.14. The number of carbonyl (C=O) groups is 2. The van der Waals surface area contributed by atoms with Gasteiger partial charge in [-0.3, -0.25) is 14.5 Å². The van der Waals surface area contributed by atoms with Crippen molar-refractivity contribution in [1.29, 1.82) is 0 Å². The Morgan fingerprint density at radius 2 is 1.94 bits per heavy atom. The summed E-state index contributed by atoms with van der Waals surface area (Å²) < 4.78 is 4.81. The Balaban J connectivity index is 3.73. The van der Waals surface area contributed by atoms with E-state index in [1.807, 2.05) is 13.8 Å². The minimum Gasteiger partial charge on any atom is -0.383 e. The van der Waals surface area contributed by atoms with Crippen LogP contribution in [0.2, 0.25) is 0 Å². The molecule has 0 fully saturated rings. The zero-order valence-electron chi connectivity index (χ0n) is 10.6. The average Bonchev–Trinajstić information content (AvgIpc) is 2.17. The smallest absolute Gasteiger partial charge is 0.234 e. The van der Waals surface area contributed by atoms with Crippen molar-refractivity contribution in [2.45, 2.75) is 13.8 Å². The van der Waals surface area contributed by atoms with Gasteiger partial charge >= 0.3 is 0 Å². The molecule has 0 rings (SSSR count). The van der Waals surface area contributed by atoms with E-state index in [1.54, 1.807) is 19.1 Å². The first kappa shape index (κ1) is 15.1. The van der Waals surface area contributed by atoms with E-state index in [2.05, 4.69) is 5.32 Å². The highest BCUT2D eigenvalue weighted by Gasteiger charge is 2.12. The SMILES string of the molecule is COCCNC(=O)CN(C)CC(=O)C(C)C. The summed E-state index contributed by atoms with van der Waals surface area (Å²) in [4.78, 5) is 24.5. The number of amides is 1. The summed E-state index contributed by atoms with van der Waals surface area (Å²) in [6, 6.07) is 0. The molecule has 0 saturated carbocycles. The van der Waals surface area contributed by atoms with Crippen molar-refractivity contribution in [3.8, 4) is 0 Å². The van der Waals surface area contributed by atoms with E-state index >= 15 is 0 Å². The maximum atomic E-state index is 11.4. The van der Waals surface area contributed by atoms with Gasteiger partial charge in [0.25, 0.3) is 0 Å². The molecule has 1 N–H and O–H groups in total. The Morgan fingerprint density at radius 1 is 1.31 bits per heavy atom. The molecule has 94 valence electrons. The number of methoxy groups -OCH3 is 1. The van der Waals surface area contributed by atoms with Crippen molar-refractivity contribution in [1.82, 2.24) is 10.2 Å². The molecule has 0 unspecified atom stereocenters. The van der Waals surface area contributed by atoms with Crippen molar-refractivity contribution in [2.24, 2.45) is 5.92 Å². The summed E-state index contributed by atoms with van der Waals surface area (Å²) in [5, 5.41) is 2.70. The minimum atomic E-state index is -0.0869. The van der Waals surface area contributed by atoms with Gasteiger partial charge < -0.3 is 10.1 Å². The predicted molar refractivity (Wildman–Crippen MR) is 62.2 cm³/mol. The molecule has 0 atom stereocenters. The summed E-state index contributed by atoms with van der Waals surface area (Å²) >= 11 is 0. The molecule has 1 amide bonds. The van der Waals surface area contributed by atoms with Crippen molar-refractivity contribution >= 4 is 11.7 Å². The number of nitrogens with one attached hydrogen (secondary N) is 1. The Hall–Kier alpha value is -0.940. The summed E-state index contributed by atoms with van der Waals surface area (Å²) in [7, 11) is 3.34. The van der Waals surface area contributed by atoms with Gasteiger partial charge in [-0.1, -0.05) is 13.8 Å². The molecule has 0 aromatic carbocycles. The van der Waals surface area contributed by atoms with Gasteiger partial charge in [-0.15, -0.1) is 0 Å². The molecular formula is C11H22N2O3. The maximum Gasteiger partial charge on any atom is 0.234 e. The van der Waals surface area contributed by atoms with E-state index in [1.165, 1.54) is 0 Å². The molecule has 0 radical (unpaired) electrons. The van der Waals surface area contributed by atoms with E-state index in [4.69, 9.17) is 4.74 Å². The van der Waals surface area contributed by atoms with Crippen LogP contribution >= 0.6 is 0 Å². The molecule has 0 aromatic rings. The van der Waals surface area contributed by atoms with Crippen molar-refractivity contribution < 1.29 is 14.3 Å². The Bertz CT molecular complexity index is 229. The second-order valence-corrected chi connectivity index (χ2v) is 4.14. The van der Waals surface area contributed by atoms with Gasteiger partial charge in [0.05, 0.1) is 19.7 Å². The highest BCUT2D eigenvalue weighted by atomic mass is 16.5. The van der Waals surface area contributed by atoms with Crippen LogP contribution in [0.15, 0.2) is 0 Å². The lowest BCUT2D eigenvalue weighted by Crippen LogP contribution is -2.39. The van der Waals surface area contributed by atoms with Crippen molar-refractivity contribution in [3.05, 3.63) is 0 Å². The number of Topliss-reactive ketones (excluding diaryl/α,β-unsaturated/α-hetero) is 1. The molecule has 0 spiro atoms. The van der Waals surface area contributed by atoms with Crippen LogP contribution in [0.4, 0.5) is 0 Å². The van der Waals surface area contributed by atoms with Gasteiger partial charge in [0.1, 0.15) is 5.78 Å². The van der Waals surface area contributed by atoms with Crippen LogP contribution in [0.25, 0.3) is 0 Å². The highest BCUT2D eigenvalue weighted by Crippen LogP contribution is 1.95. The molecule has 0 aliphatic heterocycles. The average molecular weight is 230 g/mol. The lowest BCUT2D eigenvalue weighted by Gasteiger charge is -2.16. The quantitative estimate of drug-likeness (QED) is 0.592. The van der Waals surface area contributed by atoms with E-state index in [0.29, 0.717) is 19.7 Å². The van der Waals surface area contributed by atoms with Gasteiger partial charge in [-0.05, 0) is 7.05 Å². The molecule has 0 aliphatic carbocycles. The number of carbonyl (C=O) groups excluding carboxylic acids is 2. The van der Waals surface area contributed by atoms with Gasteiger partial charge in [0.2, 0.25) is 5.91 Å².